The monoisotopic (exact) mass is 283 g/mol. The molecule has 1 aliphatic heterocycles. The molecular weight excluding hydrogens is 270 g/mol. The van der Waals surface area contributed by atoms with Crippen molar-refractivity contribution in [3.05, 3.63) is 35.8 Å². The largest absolute Gasteiger partial charge is 0.464 e. The van der Waals surface area contributed by atoms with Crippen LogP contribution in [0.25, 0.3) is 21.9 Å². The second-order valence-corrected chi connectivity index (χ2v) is 5.44. The first kappa shape index (κ1) is 12.2. The maximum absolute atomic E-state index is 12.0. The number of amides is 2. The van der Waals surface area contributed by atoms with Crippen molar-refractivity contribution in [2.45, 2.75) is 25.7 Å². The Morgan fingerprint density at radius 3 is 2.86 bits per heavy atom. The fourth-order valence-corrected chi connectivity index (χ4v) is 2.97. The number of hydrogen-bond donors (Lipinski definition) is 1. The van der Waals surface area contributed by atoms with E-state index in [4.69, 9.17) is 8.83 Å². The summed E-state index contributed by atoms with van der Waals surface area (Å²) < 4.78 is 11.2. The summed E-state index contributed by atoms with van der Waals surface area (Å²) in [4.78, 5) is 23.3. The van der Waals surface area contributed by atoms with E-state index in [1.807, 2.05) is 25.1 Å². The summed E-state index contributed by atoms with van der Waals surface area (Å²) in [6.07, 6.45) is 2.47. The molecule has 0 unspecified atom stereocenters. The number of carbonyl (C=O) groups excluding carboxylic acids is 2. The van der Waals surface area contributed by atoms with E-state index < -0.39 is 0 Å². The highest BCUT2D eigenvalue weighted by atomic mass is 16.3. The molecule has 1 aromatic carbocycles. The van der Waals surface area contributed by atoms with Crippen molar-refractivity contribution in [1.82, 2.24) is 5.32 Å². The van der Waals surface area contributed by atoms with Crippen LogP contribution >= 0.6 is 0 Å². The van der Waals surface area contributed by atoms with E-state index in [2.05, 4.69) is 5.32 Å². The van der Waals surface area contributed by atoms with Gasteiger partial charge in [0, 0.05) is 22.8 Å². The lowest BCUT2D eigenvalue weighted by Gasteiger charge is -2.19. The highest BCUT2D eigenvalue weighted by molar-refractivity contribution is 6.04. The van der Waals surface area contributed by atoms with Crippen LogP contribution in [-0.4, -0.2) is 11.8 Å². The number of nitrogens with one attached hydrogen (secondary N) is 1. The van der Waals surface area contributed by atoms with E-state index in [9.17, 15) is 9.59 Å². The normalized spacial score (nSPS) is 19.4. The molecule has 2 aromatic heterocycles. The molecular formula is C16H13NO4. The molecule has 106 valence electrons. The molecule has 0 aliphatic carbocycles. The number of furan rings is 2. The Morgan fingerprint density at radius 2 is 2.05 bits per heavy atom. The van der Waals surface area contributed by atoms with E-state index in [1.165, 1.54) is 0 Å². The molecule has 21 heavy (non-hydrogen) atoms. The van der Waals surface area contributed by atoms with Crippen LogP contribution in [-0.2, 0) is 9.59 Å². The van der Waals surface area contributed by atoms with Crippen LogP contribution in [0.4, 0.5) is 0 Å². The fraction of sp³-hybridized carbons (Fsp3) is 0.250. The minimum Gasteiger partial charge on any atom is -0.464 e. The zero-order valence-electron chi connectivity index (χ0n) is 11.4. The van der Waals surface area contributed by atoms with E-state index in [0.29, 0.717) is 12.8 Å². The number of aryl methyl sites for hydroxylation is 1. The van der Waals surface area contributed by atoms with Gasteiger partial charge in [0.2, 0.25) is 11.8 Å². The van der Waals surface area contributed by atoms with Gasteiger partial charge in [0.1, 0.15) is 16.9 Å². The van der Waals surface area contributed by atoms with Crippen molar-refractivity contribution >= 4 is 33.8 Å². The number of hydrogen-bond acceptors (Lipinski definition) is 4. The molecule has 0 spiro atoms. The summed E-state index contributed by atoms with van der Waals surface area (Å²) in [5.74, 6) is 0.00967. The molecule has 4 rings (SSSR count). The van der Waals surface area contributed by atoms with Crippen molar-refractivity contribution in [2.24, 2.45) is 0 Å². The minimum absolute atomic E-state index is 0.215. The molecule has 1 N–H and O–H groups in total. The molecule has 0 radical (unpaired) electrons. The van der Waals surface area contributed by atoms with Gasteiger partial charge in [0.05, 0.1) is 12.2 Å². The van der Waals surface area contributed by atoms with E-state index >= 15 is 0 Å². The third-order valence-electron chi connectivity index (χ3n) is 3.98. The van der Waals surface area contributed by atoms with Gasteiger partial charge in [-0.2, -0.15) is 0 Å². The van der Waals surface area contributed by atoms with Gasteiger partial charge in [-0.3, -0.25) is 14.9 Å². The van der Waals surface area contributed by atoms with Gasteiger partial charge >= 0.3 is 0 Å². The van der Waals surface area contributed by atoms with Crippen molar-refractivity contribution < 1.29 is 18.4 Å². The maximum Gasteiger partial charge on any atom is 0.234 e. The number of rotatable bonds is 1. The zero-order chi connectivity index (χ0) is 14.6. The van der Waals surface area contributed by atoms with Crippen LogP contribution in [0.1, 0.15) is 30.1 Å². The Balaban J connectivity index is 1.87. The lowest BCUT2D eigenvalue weighted by Crippen LogP contribution is -2.39. The third-order valence-corrected chi connectivity index (χ3v) is 3.98. The summed E-state index contributed by atoms with van der Waals surface area (Å²) in [5, 5.41) is 4.22. The molecule has 0 saturated carbocycles. The average Bonchev–Trinajstić information content (AvgIpc) is 2.98. The first-order valence-corrected chi connectivity index (χ1v) is 6.87. The molecule has 3 aromatic rings. The molecule has 5 nitrogen and oxygen atoms in total. The van der Waals surface area contributed by atoms with Crippen molar-refractivity contribution in [3.8, 4) is 0 Å². The van der Waals surface area contributed by atoms with E-state index in [1.54, 1.807) is 6.26 Å². The van der Waals surface area contributed by atoms with Crippen LogP contribution in [0, 0.1) is 6.92 Å². The topological polar surface area (TPSA) is 72.5 Å². The number of fused-ring (bicyclic) bond motifs is 2. The molecule has 1 aliphatic rings. The quantitative estimate of drug-likeness (QED) is 0.697. The number of piperidine rings is 1. The zero-order valence-corrected chi connectivity index (χ0v) is 11.4. The summed E-state index contributed by atoms with van der Waals surface area (Å²) >= 11 is 0. The third kappa shape index (κ3) is 1.85. The van der Waals surface area contributed by atoms with Crippen LogP contribution in [0.3, 0.4) is 0 Å². The van der Waals surface area contributed by atoms with Gasteiger partial charge in [0.25, 0.3) is 0 Å². The van der Waals surface area contributed by atoms with Gasteiger partial charge < -0.3 is 8.83 Å². The summed E-state index contributed by atoms with van der Waals surface area (Å²) in [5.41, 5.74) is 2.31. The van der Waals surface area contributed by atoms with Crippen molar-refractivity contribution in [1.29, 1.82) is 0 Å². The Kier molecular flexibility index (Phi) is 2.45. The highest BCUT2D eigenvalue weighted by Crippen LogP contribution is 2.35. The number of benzene rings is 1. The van der Waals surface area contributed by atoms with Gasteiger partial charge in [-0.1, -0.05) is 0 Å². The SMILES string of the molecule is Cc1cc2cc3occ([C@@H]4CCC(=O)NC4=O)c3cc2o1. The van der Waals surface area contributed by atoms with Crippen LogP contribution in [0.2, 0.25) is 0 Å². The van der Waals surface area contributed by atoms with Crippen LogP contribution in [0.5, 0.6) is 0 Å². The highest BCUT2D eigenvalue weighted by Gasteiger charge is 2.30. The van der Waals surface area contributed by atoms with E-state index in [-0.39, 0.29) is 17.7 Å². The van der Waals surface area contributed by atoms with Gasteiger partial charge in [-0.15, -0.1) is 0 Å². The molecule has 3 heterocycles. The minimum atomic E-state index is -0.350. The Bertz CT molecular complexity index is 886. The first-order valence-electron chi connectivity index (χ1n) is 6.87. The summed E-state index contributed by atoms with van der Waals surface area (Å²) in [7, 11) is 0. The molecule has 1 atom stereocenters. The molecule has 2 amide bonds. The molecule has 0 bridgehead atoms. The van der Waals surface area contributed by atoms with Gasteiger partial charge in [-0.05, 0) is 31.5 Å². The number of imide groups is 1. The average molecular weight is 283 g/mol. The molecule has 1 saturated heterocycles. The smallest absolute Gasteiger partial charge is 0.234 e. The van der Waals surface area contributed by atoms with Crippen LogP contribution < -0.4 is 5.32 Å². The second kappa shape index (κ2) is 4.22. The lowest BCUT2D eigenvalue weighted by atomic mass is 9.90. The predicted octanol–water partition coefficient (Wildman–Crippen LogP) is 3.01. The van der Waals surface area contributed by atoms with Crippen LogP contribution in [0.15, 0.2) is 33.3 Å². The predicted molar refractivity (Wildman–Crippen MR) is 75.8 cm³/mol. The van der Waals surface area contributed by atoms with Crippen molar-refractivity contribution in [3.63, 3.8) is 0 Å². The van der Waals surface area contributed by atoms with Crippen molar-refractivity contribution in [2.75, 3.05) is 0 Å². The van der Waals surface area contributed by atoms with Gasteiger partial charge in [0.15, 0.2) is 0 Å². The fourth-order valence-electron chi connectivity index (χ4n) is 2.97. The van der Waals surface area contributed by atoms with Gasteiger partial charge in [-0.25, -0.2) is 0 Å². The molecule has 1 fully saturated rings. The second-order valence-electron chi connectivity index (χ2n) is 5.44. The Hall–Kier alpha value is -2.56. The molecule has 5 heteroatoms. The first-order chi connectivity index (χ1) is 10.1. The van der Waals surface area contributed by atoms with E-state index in [0.717, 1.165) is 33.3 Å². The Morgan fingerprint density at radius 1 is 1.19 bits per heavy atom. The summed E-state index contributed by atoms with van der Waals surface area (Å²) in [6, 6.07) is 5.76. The summed E-state index contributed by atoms with van der Waals surface area (Å²) in [6.45, 7) is 1.89. The standard InChI is InChI=1S/C16H13NO4/c1-8-4-9-5-14-11(6-13(9)21-8)12(7-20-14)10-2-3-15(18)17-16(10)19/h4-7,10H,2-3H2,1H3,(H,17,18,19)/t10-/m0/s1. The number of carbonyl (C=O) groups is 2. The Labute approximate surface area is 119 Å². The lowest BCUT2D eigenvalue weighted by molar-refractivity contribution is -0.134. The maximum atomic E-state index is 12.0.